The highest BCUT2D eigenvalue weighted by Crippen LogP contribution is 2.35. The summed E-state index contributed by atoms with van der Waals surface area (Å²) in [5, 5.41) is 9.40. The highest BCUT2D eigenvalue weighted by atomic mass is 32.2. The van der Waals surface area contributed by atoms with Crippen molar-refractivity contribution < 1.29 is 23.5 Å². The number of hydrogen-bond acceptors (Lipinski definition) is 5. The van der Waals surface area contributed by atoms with Crippen LogP contribution in [0.5, 0.6) is 0 Å². The number of hydrogen-bond donors (Lipinski definition) is 1. The summed E-state index contributed by atoms with van der Waals surface area (Å²) in [5.74, 6) is -1.27. The summed E-state index contributed by atoms with van der Waals surface area (Å²) in [6.07, 6.45) is 2.42. The molecule has 27 heavy (non-hydrogen) atoms. The van der Waals surface area contributed by atoms with Crippen molar-refractivity contribution in [1.82, 2.24) is 4.90 Å². The molecule has 1 amide bonds. The van der Waals surface area contributed by atoms with Crippen LogP contribution in [0.2, 0.25) is 0 Å². The van der Waals surface area contributed by atoms with Crippen molar-refractivity contribution in [3.63, 3.8) is 0 Å². The third-order valence-corrected chi connectivity index (χ3v) is 5.35. The highest BCUT2D eigenvalue weighted by molar-refractivity contribution is 8.26. The molecule has 1 N–H and O–H groups in total. The van der Waals surface area contributed by atoms with Crippen LogP contribution in [0.15, 0.2) is 45.7 Å². The van der Waals surface area contributed by atoms with Crippen molar-refractivity contribution >= 4 is 46.3 Å². The summed E-state index contributed by atoms with van der Waals surface area (Å²) in [6.45, 7) is 1.84. The number of rotatable bonds is 6. The van der Waals surface area contributed by atoms with E-state index in [1.54, 1.807) is 30.3 Å². The zero-order valence-corrected chi connectivity index (χ0v) is 16.0. The zero-order chi connectivity index (χ0) is 19.6. The molecule has 1 aliphatic rings. The lowest BCUT2D eigenvalue weighted by Gasteiger charge is -2.22. The van der Waals surface area contributed by atoms with Crippen LogP contribution >= 0.6 is 24.0 Å². The number of aliphatic carboxylic acids is 1. The lowest BCUT2D eigenvalue weighted by Crippen LogP contribution is -2.43. The Labute approximate surface area is 164 Å². The predicted molar refractivity (Wildman–Crippen MR) is 105 cm³/mol. The normalized spacial score (nSPS) is 17.0. The summed E-state index contributed by atoms with van der Waals surface area (Å²) in [4.78, 5) is 25.6. The number of furan rings is 1. The van der Waals surface area contributed by atoms with Gasteiger partial charge < -0.3 is 9.52 Å². The Kier molecular flexibility index (Phi) is 5.76. The molecule has 2 heterocycles. The third kappa shape index (κ3) is 3.96. The van der Waals surface area contributed by atoms with Crippen molar-refractivity contribution in [1.29, 1.82) is 0 Å². The van der Waals surface area contributed by atoms with Gasteiger partial charge in [0.15, 0.2) is 0 Å². The molecule has 1 aliphatic heterocycles. The fraction of sp³-hybridized carbons (Fsp3) is 0.211. The molecule has 2 aromatic rings. The van der Waals surface area contributed by atoms with Gasteiger partial charge >= 0.3 is 5.97 Å². The van der Waals surface area contributed by atoms with Gasteiger partial charge in [0, 0.05) is 6.08 Å². The molecule has 3 rings (SSSR count). The second-order valence-electron chi connectivity index (χ2n) is 5.88. The molecule has 8 heteroatoms. The molecule has 0 bridgehead atoms. The van der Waals surface area contributed by atoms with E-state index in [1.807, 2.05) is 6.92 Å². The number of thiocarbonyl (C=S) groups is 1. The van der Waals surface area contributed by atoms with E-state index in [0.29, 0.717) is 29.9 Å². The fourth-order valence-corrected chi connectivity index (χ4v) is 4.09. The Morgan fingerprint density at radius 3 is 2.78 bits per heavy atom. The van der Waals surface area contributed by atoms with Gasteiger partial charge in [-0.3, -0.25) is 9.69 Å². The van der Waals surface area contributed by atoms with E-state index in [4.69, 9.17) is 16.6 Å². The first-order chi connectivity index (χ1) is 12.9. The molecule has 1 fully saturated rings. The minimum atomic E-state index is -1.09. The first-order valence-corrected chi connectivity index (χ1v) is 9.49. The molecule has 1 saturated heterocycles. The molecule has 140 valence electrons. The Hall–Kier alpha value is -2.45. The van der Waals surface area contributed by atoms with Crippen LogP contribution in [-0.4, -0.2) is 32.2 Å². The molecule has 5 nitrogen and oxygen atoms in total. The van der Waals surface area contributed by atoms with Crippen LogP contribution in [0, 0.1) is 5.82 Å². The number of benzene rings is 1. The van der Waals surface area contributed by atoms with E-state index in [9.17, 15) is 19.1 Å². The maximum Gasteiger partial charge on any atom is 0.326 e. The molecule has 0 spiro atoms. The molecule has 1 aromatic carbocycles. The molecule has 0 saturated carbocycles. The second kappa shape index (κ2) is 8.06. The standard InChI is InChI=1S/C19H16FNO4S2/c1-2-5-14(18(23)24)21-17(22)16(27-19(21)26)10-11-8-9-15(25-11)12-6-3-4-7-13(12)20/h3-4,6-10,14H,2,5H2,1H3,(H,23,24)/b16-10-/t14-/m1/s1. The summed E-state index contributed by atoms with van der Waals surface area (Å²) in [7, 11) is 0. The molecular weight excluding hydrogens is 389 g/mol. The molecule has 0 unspecified atom stereocenters. The van der Waals surface area contributed by atoms with Crippen LogP contribution in [-0.2, 0) is 9.59 Å². The highest BCUT2D eigenvalue weighted by Gasteiger charge is 2.40. The van der Waals surface area contributed by atoms with Crippen molar-refractivity contribution in [2.75, 3.05) is 0 Å². The number of nitrogens with zero attached hydrogens (tertiary/aromatic N) is 1. The van der Waals surface area contributed by atoms with E-state index in [-0.39, 0.29) is 9.23 Å². The van der Waals surface area contributed by atoms with Gasteiger partial charge in [-0.1, -0.05) is 49.5 Å². The van der Waals surface area contributed by atoms with Crippen molar-refractivity contribution in [2.24, 2.45) is 0 Å². The fourth-order valence-electron chi connectivity index (χ4n) is 2.75. The predicted octanol–water partition coefficient (Wildman–Crippen LogP) is 4.54. The maximum atomic E-state index is 13.9. The number of amides is 1. The summed E-state index contributed by atoms with van der Waals surface area (Å²) in [6, 6.07) is 8.47. The van der Waals surface area contributed by atoms with E-state index < -0.39 is 23.7 Å². The number of carbonyl (C=O) groups is 2. The average molecular weight is 405 g/mol. The van der Waals surface area contributed by atoms with Gasteiger partial charge in [0.1, 0.15) is 27.7 Å². The summed E-state index contributed by atoms with van der Waals surface area (Å²) in [5.41, 5.74) is 0.318. The topological polar surface area (TPSA) is 70.8 Å². The molecule has 0 aliphatic carbocycles. The lowest BCUT2D eigenvalue weighted by atomic mass is 10.1. The second-order valence-corrected chi connectivity index (χ2v) is 7.55. The van der Waals surface area contributed by atoms with E-state index in [1.165, 1.54) is 12.1 Å². The first-order valence-electron chi connectivity index (χ1n) is 8.27. The smallest absolute Gasteiger partial charge is 0.326 e. The van der Waals surface area contributed by atoms with E-state index in [2.05, 4.69) is 0 Å². The zero-order valence-electron chi connectivity index (χ0n) is 14.3. The summed E-state index contributed by atoms with van der Waals surface area (Å²) >= 11 is 6.23. The maximum absolute atomic E-state index is 13.9. The Balaban J connectivity index is 1.86. The SMILES string of the molecule is CCC[C@H](C(=O)O)N1C(=O)/C(=C/c2ccc(-c3ccccc3F)o2)SC1=S. The molecule has 1 atom stereocenters. The molecule has 1 aromatic heterocycles. The Morgan fingerprint density at radius 1 is 1.37 bits per heavy atom. The number of halogens is 1. The molecular formula is C19H16FNO4S2. The van der Waals surface area contributed by atoms with Gasteiger partial charge in [-0.05, 0) is 30.7 Å². The average Bonchev–Trinajstić information content (AvgIpc) is 3.19. The Morgan fingerprint density at radius 2 is 2.11 bits per heavy atom. The quantitative estimate of drug-likeness (QED) is 0.562. The minimum Gasteiger partial charge on any atom is -0.480 e. The van der Waals surface area contributed by atoms with Gasteiger partial charge in [-0.15, -0.1) is 0 Å². The van der Waals surface area contributed by atoms with Crippen molar-refractivity contribution in [2.45, 2.75) is 25.8 Å². The van der Waals surface area contributed by atoms with Crippen molar-refractivity contribution in [3.05, 3.63) is 52.9 Å². The third-order valence-electron chi connectivity index (χ3n) is 4.02. The number of carbonyl (C=O) groups excluding carboxylic acids is 1. The lowest BCUT2D eigenvalue weighted by molar-refractivity contribution is -0.145. The van der Waals surface area contributed by atoms with E-state index >= 15 is 0 Å². The van der Waals surface area contributed by atoms with Crippen LogP contribution in [0.4, 0.5) is 4.39 Å². The number of carboxylic acids is 1. The van der Waals surface area contributed by atoms with Gasteiger partial charge in [0.2, 0.25) is 0 Å². The largest absolute Gasteiger partial charge is 0.480 e. The Bertz CT molecular complexity index is 937. The number of thioether (sulfide) groups is 1. The first kappa shape index (κ1) is 19.3. The van der Waals surface area contributed by atoms with Gasteiger partial charge in [-0.2, -0.15) is 0 Å². The van der Waals surface area contributed by atoms with Gasteiger partial charge in [0.05, 0.1) is 10.5 Å². The van der Waals surface area contributed by atoms with Crippen LogP contribution in [0.3, 0.4) is 0 Å². The minimum absolute atomic E-state index is 0.202. The van der Waals surface area contributed by atoms with Gasteiger partial charge in [-0.25, -0.2) is 9.18 Å². The summed E-state index contributed by atoms with van der Waals surface area (Å²) < 4.78 is 19.7. The number of carboxylic acid groups (broad SMARTS) is 1. The van der Waals surface area contributed by atoms with Crippen molar-refractivity contribution in [3.8, 4) is 11.3 Å². The van der Waals surface area contributed by atoms with Crippen LogP contribution < -0.4 is 0 Å². The van der Waals surface area contributed by atoms with Crippen LogP contribution in [0.25, 0.3) is 17.4 Å². The monoisotopic (exact) mass is 405 g/mol. The molecule has 0 radical (unpaired) electrons. The van der Waals surface area contributed by atoms with E-state index in [0.717, 1.165) is 16.7 Å². The van der Waals surface area contributed by atoms with Crippen LogP contribution in [0.1, 0.15) is 25.5 Å². The van der Waals surface area contributed by atoms with Gasteiger partial charge in [0.25, 0.3) is 5.91 Å².